The number of hydrogen-bond donors (Lipinski definition) is 1. The molecule has 0 bridgehead atoms. The summed E-state index contributed by atoms with van der Waals surface area (Å²) in [5.41, 5.74) is 0.634. The zero-order valence-electron chi connectivity index (χ0n) is 15.2. The third-order valence-corrected chi connectivity index (χ3v) is 3.26. The summed E-state index contributed by atoms with van der Waals surface area (Å²) in [7, 11) is 3.03. The highest BCUT2D eigenvalue weighted by Gasteiger charge is 2.12. The number of rotatable bonds is 11. The number of benzene rings is 1. The summed E-state index contributed by atoms with van der Waals surface area (Å²) in [6.07, 6.45) is 2.48. The normalized spacial score (nSPS) is 10.3. The summed E-state index contributed by atoms with van der Waals surface area (Å²) < 4.78 is 20.0. The van der Waals surface area contributed by atoms with Gasteiger partial charge in [0.15, 0.2) is 17.3 Å². The molecule has 1 aromatic rings. The van der Waals surface area contributed by atoms with E-state index < -0.39 is 24.3 Å². The Morgan fingerprint density at radius 3 is 2.37 bits per heavy atom. The third kappa shape index (κ3) is 7.74. The number of aliphatic hydroxyl groups excluding tert-OH is 1. The minimum atomic E-state index is -0.784. The van der Waals surface area contributed by atoms with Crippen LogP contribution in [-0.4, -0.2) is 56.9 Å². The molecule has 0 amide bonds. The average molecular weight is 378 g/mol. The molecule has 8 nitrogen and oxygen atoms in total. The van der Waals surface area contributed by atoms with E-state index in [1.807, 2.05) is 0 Å². The maximum absolute atomic E-state index is 11.7. The van der Waals surface area contributed by atoms with Crippen LogP contribution in [0.1, 0.15) is 12.0 Å². The topological polar surface area (TPSA) is 108 Å². The van der Waals surface area contributed by atoms with E-state index in [0.717, 1.165) is 0 Å². The largest absolute Gasteiger partial charge is 0.493 e. The number of ether oxygens (including phenoxy) is 4. The fourth-order valence-corrected chi connectivity index (χ4v) is 1.91. The van der Waals surface area contributed by atoms with Crippen LogP contribution in [0.5, 0.6) is 11.5 Å². The fourth-order valence-electron chi connectivity index (χ4n) is 1.91. The fraction of sp³-hybridized carbons (Fsp3) is 0.316. The van der Waals surface area contributed by atoms with Gasteiger partial charge in [0.25, 0.3) is 0 Å². The first kappa shape index (κ1) is 21.9. The summed E-state index contributed by atoms with van der Waals surface area (Å²) in [4.78, 5) is 34.2. The van der Waals surface area contributed by atoms with Crippen LogP contribution in [0.3, 0.4) is 0 Å². The van der Waals surface area contributed by atoms with Gasteiger partial charge < -0.3 is 24.1 Å². The lowest BCUT2D eigenvalue weighted by Gasteiger charge is -2.07. The molecule has 0 saturated carbocycles. The van der Waals surface area contributed by atoms with Crippen molar-refractivity contribution in [2.24, 2.45) is 0 Å². The molecule has 0 unspecified atom stereocenters. The molecule has 1 aromatic carbocycles. The van der Waals surface area contributed by atoms with Crippen molar-refractivity contribution in [3.63, 3.8) is 0 Å². The summed E-state index contributed by atoms with van der Waals surface area (Å²) in [6.45, 7) is 2.40. The first-order valence-electron chi connectivity index (χ1n) is 7.95. The van der Waals surface area contributed by atoms with Gasteiger partial charge in [-0.05, 0) is 23.8 Å². The van der Waals surface area contributed by atoms with E-state index in [2.05, 4.69) is 6.58 Å². The van der Waals surface area contributed by atoms with Crippen molar-refractivity contribution in [1.29, 1.82) is 0 Å². The zero-order chi connectivity index (χ0) is 20.2. The van der Waals surface area contributed by atoms with Crippen LogP contribution in [0.2, 0.25) is 0 Å². The van der Waals surface area contributed by atoms with E-state index in [-0.39, 0.29) is 25.2 Å². The van der Waals surface area contributed by atoms with Gasteiger partial charge in [-0.15, -0.1) is 0 Å². The molecule has 27 heavy (non-hydrogen) atoms. The van der Waals surface area contributed by atoms with Crippen molar-refractivity contribution in [2.45, 2.75) is 6.42 Å². The van der Waals surface area contributed by atoms with Gasteiger partial charge in [0.2, 0.25) is 0 Å². The van der Waals surface area contributed by atoms with Crippen molar-refractivity contribution < 1.29 is 38.4 Å². The molecule has 0 fully saturated rings. The molecule has 0 spiro atoms. The number of ketones is 1. The number of carbonyl (C=O) groups excluding carboxylic acids is 3. The van der Waals surface area contributed by atoms with Crippen LogP contribution in [0.15, 0.2) is 36.4 Å². The molecular formula is C19H22O8. The van der Waals surface area contributed by atoms with Gasteiger partial charge in [0, 0.05) is 18.1 Å². The van der Waals surface area contributed by atoms with E-state index >= 15 is 0 Å². The first-order chi connectivity index (χ1) is 12.9. The third-order valence-electron chi connectivity index (χ3n) is 3.26. The number of hydrogen-bond acceptors (Lipinski definition) is 8. The minimum Gasteiger partial charge on any atom is -0.493 e. The first-order valence-corrected chi connectivity index (χ1v) is 7.95. The van der Waals surface area contributed by atoms with Gasteiger partial charge in [-0.25, -0.2) is 9.59 Å². The summed E-state index contributed by atoms with van der Waals surface area (Å²) in [5.74, 6) is -0.839. The van der Waals surface area contributed by atoms with Crippen molar-refractivity contribution in [3.8, 4) is 11.5 Å². The molecule has 1 N–H and O–H groups in total. The Hall–Kier alpha value is -3.13. The molecule has 0 atom stereocenters. The molecule has 0 heterocycles. The standard InChI is InChI=1S/C19H22O8/c1-13(10-15(21)12-20)19(23)27-9-8-26-18(22)7-5-14-4-6-16(24-2)17(11-14)25-3/h4-7,11,20H,1,8-10,12H2,2-3H3/b7-5+. The van der Waals surface area contributed by atoms with E-state index in [9.17, 15) is 14.4 Å². The number of esters is 2. The van der Waals surface area contributed by atoms with Gasteiger partial charge in [0.05, 0.1) is 14.2 Å². The van der Waals surface area contributed by atoms with Crippen LogP contribution in [0.25, 0.3) is 6.08 Å². The smallest absolute Gasteiger partial charge is 0.333 e. The van der Waals surface area contributed by atoms with Crippen molar-refractivity contribution in [2.75, 3.05) is 34.0 Å². The predicted octanol–water partition coefficient (Wildman–Crippen LogP) is 1.31. The van der Waals surface area contributed by atoms with E-state index in [1.165, 1.54) is 20.3 Å². The van der Waals surface area contributed by atoms with Crippen molar-refractivity contribution >= 4 is 23.8 Å². The van der Waals surface area contributed by atoms with Crippen LogP contribution in [0, 0.1) is 0 Å². The SMILES string of the molecule is C=C(CC(=O)CO)C(=O)OCCOC(=O)/C=C/c1ccc(OC)c(OC)c1. The Bertz CT molecular complexity index is 720. The lowest BCUT2D eigenvalue weighted by Crippen LogP contribution is -2.16. The van der Waals surface area contributed by atoms with Gasteiger partial charge in [-0.2, -0.15) is 0 Å². The highest BCUT2D eigenvalue weighted by Crippen LogP contribution is 2.27. The summed E-state index contributed by atoms with van der Waals surface area (Å²) in [5, 5.41) is 8.61. The van der Waals surface area contributed by atoms with Crippen molar-refractivity contribution in [1.82, 2.24) is 0 Å². The lowest BCUT2D eigenvalue weighted by molar-refractivity contribution is -0.147. The molecular weight excluding hydrogens is 356 g/mol. The van der Waals surface area contributed by atoms with Gasteiger partial charge in [-0.3, -0.25) is 4.79 Å². The maximum atomic E-state index is 11.7. The van der Waals surface area contributed by atoms with Gasteiger partial charge in [0.1, 0.15) is 19.8 Å². The van der Waals surface area contributed by atoms with Crippen LogP contribution >= 0.6 is 0 Å². The molecule has 0 aliphatic rings. The van der Waals surface area contributed by atoms with Gasteiger partial charge in [-0.1, -0.05) is 12.6 Å². The molecule has 1 rings (SSSR count). The molecule has 0 radical (unpaired) electrons. The Morgan fingerprint density at radius 1 is 1.07 bits per heavy atom. The average Bonchev–Trinajstić information content (AvgIpc) is 2.68. The molecule has 8 heteroatoms. The Kier molecular flexibility index (Phi) is 9.32. The van der Waals surface area contributed by atoms with Crippen LogP contribution in [0.4, 0.5) is 0 Å². The quantitative estimate of drug-likeness (QED) is 0.349. The van der Waals surface area contributed by atoms with E-state index in [4.69, 9.17) is 24.1 Å². The van der Waals surface area contributed by atoms with E-state index in [0.29, 0.717) is 17.1 Å². The second-order valence-corrected chi connectivity index (χ2v) is 5.23. The Balaban J connectivity index is 2.39. The highest BCUT2D eigenvalue weighted by molar-refractivity contribution is 5.95. The van der Waals surface area contributed by atoms with Crippen molar-refractivity contribution in [3.05, 3.63) is 42.0 Å². The summed E-state index contributed by atoms with van der Waals surface area (Å²) >= 11 is 0. The number of Topliss-reactive ketones (excluding diaryl/α,β-unsaturated/α-hetero) is 1. The second kappa shape index (κ2) is 11.5. The van der Waals surface area contributed by atoms with Crippen LogP contribution in [-0.2, 0) is 23.9 Å². The molecule has 146 valence electrons. The van der Waals surface area contributed by atoms with Crippen LogP contribution < -0.4 is 9.47 Å². The molecule has 0 aliphatic heterocycles. The number of carbonyl (C=O) groups is 3. The Morgan fingerprint density at radius 2 is 1.74 bits per heavy atom. The number of methoxy groups -OCH3 is 2. The Labute approximate surface area is 157 Å². The lowest BCUT2D eigenvalue weighted by atomic mass is 10.1. The molecule has 0 aromatic heterocycles. The zero-order valence-corrected chi connectivity index (χ0v) is 15.2. The monoisotopic (exact) mass is 378 g/mol. The molecule has 0 aliphatic carbocycles. The predicted molar refractivity (Wildman–Crippen MR) is 96.3 cm³/mol. The van der Waals surface area contributed by atoms with E-state index in [1.54, 1.807) is 24.3 Å². The highest BCUT2D eigenvalue weighted by atomic mass is 16.6. The molecule has 0 saturated heterocycles. The minimum absolute atomic E-state index is 0.0753. The maximum Gasteiger partial charge on any atom is 0.333 e. The second-order valence-electron chi connectivity index (χ2n) is 5.23. The van der Waals surface area contributed by atoms with Gasteiger partial charge >= 0.3 is 11.9 Å². The number of aliphatic hydroxyl groups is 1. The summed E-state index contributed by atoms with van der Waals surface area (Å²) in [6, 6.07) is 5.15.